The summed E-state index contributed by atoms with van der Waals surface area (Å²) in [6.07, 6.45) is 7.32. The summed E-state index contributed by atoms with van der Waals surface area (Å²) in [5.74, 6) is 0. The Morgan fingerprint density at radius 2 is 0.532 bits per heavy atom. The van der Waals surface area contributed by atoms with Gasteiger partial charge in [-0.25, -0.2) is 0 Å². The SMILES string of the molecule is Cc1cccc2c3cccc(C)c3n(-c3cc(-c4cc(-n5ccc(=O)c6ccccc65)cc(-n5ccc(=O)c6ccccc65)c4)cc(-c4cc(-n5ccc(=O)c6ccccc65)cc(-n5ccc(=O)c6ccccc65)c4)c3)c12. The molecular weight excluding hydrogens is 951 g/mol. The maximum absolute atomic E-state index is 13.4. The van der Waals surface area contributed by atoms with Crippen LogP contribution in [-0.2, 0) is 0 Å². The minimum absolute atomic E-state index is 0.0689. The van der Waals surface area contributed by atoms with E-state index in [-0.39, 0.29) is 21.7 Å². The van der Waals surface area contributed by atoms with Gasteiger partial charge in [-0.2, -0.15) is 0 Å². The van der Waals surface area contributed by atoms with Crippen LogP contribution >= 0.6 is 0 Å². The van der Waals surface area contributed by atoms with Gasteiger partial charge < -0.3 is 22.8 Å². The number of rotatable bonds is 7. The molecule has 0 aliphatic rings. The fraction of sp³-hybridized carbons (Fsp3) is 0.0294. The highest BCUT2D eigenvalue weighted by Gasteiger charge is 2.20. The van der Waals surface area contributed by atoms with Gasteiger partial charge in [-0.1, -0.05) is 84.9 Å². The first-order valence-corrected chi connectivity index (χ1v) is 25.5. The molecule has 9 aromatic carbocycles. The average molecular weight is 996 g/mol. The van der Waals surface area contributed by atoms with E-state index in [0.717, 1.165) is 106 Å². The molecule has 9 heteroatoms. The monoisotopic (exact) mass is 995 g/mol. The number of hydrogen-bond acceptors (Lipinski definition) is 4. The van der Waals surface area contributed by atoms with Crippen LogP contribution < -0.4 is 21.7 Å². The van der Waals surface area contributed by atoms with Crippen LogP contribution in [0.15, 0.2) is 256 Å². The highest BCUT2D eigenvalue weighted by molar-refractivity contribution is 6.11. The molecule has 366 valence electrons. The number of nitrogens with zero attached hydrogens (tertiary/aromatic N) is 5. The Morgan fingerprint density at radius 3 is 0.857 bits per heavy atom. The van der Waals surface area contributed by atoms with Gasteiger partial charge in [0.1, 0.15) is 0 Å². The molecule has 14 rings (SSSR count). The number of hydrogen-bond donors (Lipinski definition) is 0. The predicted molar refractivity (Wildman–Crippen MR) is 314 cm³/mol. The maximum Gasteiger partial charge on any atom is 0.189 e. The Labute approximate surface area is 439 Å². The molecule has 0 spiro atoms. The van der Waals surface area contributed by atoms with Crippen LogP contribution in [0.5, 0.6) is 0 Å². The normalized spacial score (nSPS) is 11.7. The summed E-state index contributed by atoms with van der Waals surface area (Å²) in [6.45, 7) is 4.33. The highest BCUT2D eigenvalue weighted by Crippen LogP contribution is 2.40. The quantitative estimate of drug-likeness (QED) is 0.159. The van der Waals surface area contributed by atoms with E-state index in [1.54, 1.807) is 24.3 Å². The van der Waals surface area contributed by atoms with Crippen LogP contribution in [0.25, 0.3) is 116 Å². The van der Waals surface area contributed by atoms with Crippen molar-refractivity contribution < 1.29 is 0 Å². The lowest BCUT2D eigenvalue weighted by Crippen LogP contribution is -2.09. The number of para-hydroxylation sites is 6. The van der Waals surface area contributed by atoms with Crippen molar-refractivity contribution >= 4 is 65.4 Å². The summed E-state index contributed by atoms with van der Waals surface area (Å²) in [6, 6.07) is 69.6. The van der Waals surface area contributed by atoms with Crippen molar-refractivity contribution in [3.63, 3.8) is 0 Å². The minimum Gasteiger partial charge on any atom is -0.316 e. The minimum atomic E-state index is -0.0689. The molecule has 5 aromatic heterocycles. The lowest BCUT2D eigenvalue weighted by Gasteiger charge is -2.20. The van der Waals surface area contributed by atoms with Crippen LogP contribution in [0.4, 0.5) is 0 Å². The standard InChI is InChI=1S/C68H45N5O4/c1-42-13-11-19-53-54-20-12-14-43(2)68(54)73(67(42)53)52-38-44(46-34-48(69-29-25-63(74)55-15-3-7-21-59(55)69)40-49(35-46)70-30-26-64(75)56-16-4-8-22-60(56)70)33-45(39-52)47-36-50(71-31-27-65(76)57-17-5-9-23-61(57)71)41-51(37-47)72-32-28-66(77)58-18-6-10-24-62(58)72/h3-41H,1-2H3. The van der Waals surface area contributed by atoms with E-state index >= 15 is 0 Å². The number of pyridine rings is 4. The van der Waals surface area contributed by atoms with Crippen LogP contribution in [0, 0.1) is 13.8 Å². The molecule has 77 heavy (non-hydrogen) atoms. The van der Waals surface area contributed by atoms with Crippen molar-refractivity contribution in [2.75, 3.05) is 0 Å². The largest absolute Gasteiger partial charge is 0.316 e. The Balaban J connectivity index is 1.11. The van der Waals surface area contributed by atoms with Gasteiger partial charge in [0.25, 0.3) is 0 Å². The third-order valence-corrected chi connectivity index (χ3v) is 15.2. The van der Waals surface area contributed by atoms with Crippen molar-refractivity contribution in [2.24, 2.45) is 0 Å². The summed E-state index contributed by atoms with van der Waals surface area (Å²) in [5, 5.41) is 4.68. The van der Waals surface area contributed by atoms with Crippen LogP contribution in [-0.4, -0.2) is 22.8 Å². The smallest absolute Gasteiger partial charge is 0.189 e. The number of aryl methyl sites for hydroxylation is 2. The summed E-state index contributed by atoms with van der Waals surface area (Å²) >= 11 is 0. The molecular formula is C68H45N5O4. The van der Waals surface area contributed by atoms with E-state index in [0.29, 0.717) is 21.5 Å². The molecule has 0 amide bonds. The van der Waals surface area contributed by atoms with E-state index in [1.165, 1.54) is 0 Å². The van der Waals surface area contributed by atoms with Gasteiger partial charge in [0.15, 0.2) is 21.7 Å². The third-order valence-electron chi connectivity index (χ3n) is 15.2. The Morgan fingerprint density at radius 1 is 0.260 bits per heavy atom. The van der Waals surface area contributed by atoms with Gasteiger partial charge in [0, 0.05) is 110 Å². The van der Waals surface area contributed by atoms with Crippen molar-refractivity contribution in [3.05, 3.63) is 289 Å². The van der Waals surface area contributed by atoms with Crippen molar-refractivity contribution in [3.8, 4) is 50.7 Å². The first kappa shape index (κ1) is 45.3. The Bertz CT molecular complexity index is 4540. The summed E-state index contributed by atoms with van der Waals surface area (Å²) < 4.78 is 10.6. The van der Waals surface area contributed by atoms with Gasteiger partial charge in [0.2, 0.25) is 0 Å². The first-order valence-electron chi connectivity index (χ1n) is 25.5. The van der Waals surface area contributed by atoms with Gasteiger partial charge >= 0.3 is 0 Å². The van der Waals surface area contributed by atoms with Crippen LogP contribution in [0.2, 0.25) is 0 Å². The molecule has 0 aliphatic carbocycles. The van der Waals surface area contributed by atoms with E-state index in [2.05, 4.69) is 128 Å². The fourth-order valence-electron chi connectivity index (χ4n) is 11.6. The second kappa shape index (κ2) is 17.6. The number of aromatic nitrogens is 5. The Hall–Kier alpha value is -10.4. The lowest BCUT2D eigenvalue weighted by atomic mass is 9.96. The molecule has 0 saturated carbocycles. The van der Waals surface area contributed by atoms with Gasteiger partial charge in [-0.05, 0) is 150 Å². The molecule has 0 aliphatic heterocycles. The van der Waals surface area contributed by atoms with E-state index in [9.17, 15) is 19.2 Å². The fourth-order valence-corrected chi connectivity index (χ4v) is 11.6. The zero-order valence-electron chi connectivity index (χ0n) is 41.9. The molecule has 0 saturated heterocycles. The molecule has 0 N–H and O–H groups in total. The van der Waals surface area contributed by atoms with Gasteiger partial charge in [-0.3, -0.25) is 19.2 Å². The second-order valence-corrected chi connectivity index (χ2v) is 19.8. The number of fused-ring (bicyclic) bond motifs is 7. The molecule has 5 heterocycles. The van der Waals surface area contributed by atoms with E-state index in [1.807, 2.05) is 122 Å². The summed E-state index contributed by atoms with van der Waals surface area (Å²) in [7, 11) is 0. The molecule has 9 nitrogen and oxygen atoms in total. The zero-order valence-corrected chi connectivity index (χ0v) is 41.9. The van der Waals surface area contributed by atoms with E-state index < -0.39 is 0 Å². The summed E-state index contributed by atoms with van der Waals surface area (Å²) in [4.78, 5) is 53.5. The molecule has 14 aromatic rings. The highest BCUT2D eigenvalue weighted by atomic mass is 16.1. The zero-order chi connectivity index (χ0) is 52.1. The van der Waals surface area contributed by atoms with Crippen molar-refractivity contribution in [1.82, 2.24) is 22.8 Å². The van der Waals surface area contributed by atoms with Crippen molar-refractivity contribution in [2.45, 2.75) is 13.8 Å². The maximum atomic E-state index is 13.4. The van der Waals surface area contributed by atoms with E-state index in [4.69, 9.17) is 0 Å². The summed E-state index contributed by atoms with van der Waals surface area (Å²) in [5.41, 5.74) is 15.0. The molecule has 0 radical (unpaired) electrons. The average Bonchev–Trinajstić information content (AvgIpc) is 3.96. The van der Waals surface area contributed by atoms with Gasteiger partial charge in [0.05, 0.1) is 33.1 Å². The van der Waals surface area contributed by atoms with Crippen LogP contribution in [0.3, 0.4) is 0 Å². The molecule has 0 unspecified atom stereocenters. The topological polar surface area (TPSA) is 92.9 Å². The molecule has 0 fully saturated rings. The van der Waals surface area contributed by atoms with Crippen molar-refractivity contribution in [1.29, 1.82) is 0 Å². The third kappa shape index (κ3) is 7.39. The molecule has 0 bridgehead atoms. The lowest BCUT2D eigenvalue weighted by molar-refractivity contribution is 1.06. The molecule has 0 atom stereocenters. The van der Waals surface area contributed by atoms with Gasteiger partial charge in [-0.15, -0.1) is 0 Å². The number of benzene rings is 9. The first-order chi connectivity index (χ1) is 37.6. The predicted octanol–water partition coefficient (Wildman–Crippen LogP) is 14.0. The van der Waals surface area contributed by atoms with Crippen LogP contribution in [0.1, 0.15) is 11.1 Å². The second-order valence-electron chi connectivity index (χ2n) is 19.8. The Kier molecular flexibility index (Phi) is 10.4.